The Kier molecular flexibility index (Phi) is 7.14. The average molecular weight is 525 g/mol. The number of halogens is 3. The molecule has 0 saturated carbocycles. The molecular formula is C23H24BrCl2N3O2. The Morgan fingerprint density at radius 2 is 1.87 bits per heavy atom. The van der Waals surface area contributed by atoms with Gasteiger partial charge in [-0.1, -0.05) is 66.8 Å². The van der Waals surface area contributed by atoms with Crippen molar-refractivity contribution >= 4 is 56.2 Å². The molecule has 8 heteroatoms. The minimum Gasteiger partial charge on any atom is -0.488 e. The zero-order valence-corrected chi connectivity index (χ0v) is 21.1. The molecule has 5 nitrogen and oxygen atoms in total. The van der Waals surface area contributed by atoms with Gasteiger partial charge in [-0.15, -0.1) is 0 Å². The van der Waals surface area contributed by atoms with E-state index in [1.54, 1.807) is 24.4 Å². The number of fused-ring (bicyclic) bond motifs is 1. The number of hydrogen-bond donors (Lipinski definition) is 0. The number of aromatic nitrogens is 2. The Labute approximate surface area is 200 Å². The summed E-state index contributed by atoms with van der Waals surface area (Å²) in [5, 5.41) is 5.71. The molecule has 0 aliphatic heterocycles. The molecule has 1 heterocycles. The number of rotatable bonds is 5. The first-order chi connectivity index (χ1) is 14.5. The molecule has 1 atom stereocenters. The molecule has 0 spiro atoms. The van der Waals surface area contributed by atoms with Crippen molar-refractivity contribution in [1.82, 2.24) is 9.66 Å². The molecular weight excluding hydrogens is 501 g/mol. The van der Waals surface area contributed by atoms with Crippen LogP contribution in [0.25, 0.3) is 10.9 Å². The summed E-state index contributed by atoms with van der Waals surface area (Å²) in [5.41, 5.74) is 0.623. The highest BCUT2D eigenvalue weighted by Gasteiger charge is 2.23. The smallest absolute Gasteiger partial charge is 0.282 e. The highest BCUT2D eigenvalue weighted by atomic mass is 79.9. The third kappa shape index (κ3) is 5.30. The Morgan fingerprint density at radius 3 is 2.45 bits per heavy atom. The van der Waals surface area contributed by atoms with Gasteiger partial charge in [-0.05, 0) is 49.2 Å². The van der Waals surface area contributed by atoms with Gasteiger partial charge in [0.2, 0.25) is 0 Å². The van der Waals surface area contributed by atoms with Gasteiger partial charge in [0.1, 0.15) is 5.82 Å². The Balaban J connectivity index is 2.10. The predicted octanol–water partition coefficient (Wildman–Crippen LogP) is 6.82. The van der Waals surface area contributed by atoms with E-state index in [1.807, 2.05) is 46.8 Å². The van der Waals surface area contributed by atoms with Gasteiger partial charge < -0.3 is 4.74 Å². The fraction of sp³-hybridized carbons (Fsp3) is 0.348. The van der Waals surface area contributed by atoms with Crippen molar-refractivity contribution in [2.75, 3.05) is 0 Å². The van der Waals surface area contributed by atoms with Gasteiger partial charge in [0.05, 0.1) is 33.3 Å². The largest absolute Gasteiger partial charge is 0.488 e. The van der Waals surface area contributed by atoms with Gasteiger partial charge in [-0.25, -0.2) is 4.98 Å². The number of benzene rings is 2. The number of nitrogens with zero attached hydrogens (tertiary/aromatic N) is 3. The minimum atomic E-state index is -0.402. The Bertz CT molecular complexity index is 1190. The van der Waals surface area contributed by atoms with E-state index < -0.39 is 5.41 Å². The first kappa shape index (κ1) is 23.8. The SMILES string of the molecule is CC[C@@H](C)Oc1c(Cl)cc(C=Nn2c(C(C)(C)C)nc3ccc(Br)cc3c2=O)cc1Cl. The van der Waals surface area contributed by atoms with Crippen molar-refractivity contribution < 1.29 is 4.74 Å². The van der Waals surface area contributed by atoms with Gasteiger partial charge in [0.25, 0.3) is 5.56 Å². The van der Waals surface area contributed by atoms with Crippen LogP contribution < -0.4 is 10.3 Å². The molecule has 31 heavy (non-hydrogen) atoms. The maximum absolute atomic E-state index is 13.2. The summed E-state index contributed by atoms with van der Waals surface area (Å²) >= 11 is 16.2. The highest BCUT2D eigenvalue weighted by Crippen LogP contribution is 2.35. The Hall–Kier alpha value is -1.89. The molecule has 0 aliphatic carbocycles. The van der Waals surface area contributed by atoms with E-state index in [0.717, 1.165) is 10.9 Å². The van der Waals surface area contributed by atoms with E-state index in [1.165, 1.54) is 4.68 Å². The lowest BCUT2D eigenvalue weighted by atomic mass is 9.95. The third-order valence-electron chi connectivity index (χ3n) is 4.72. The van der Waals surface area contributed by atoms with Crippen LogP contribution in [0.15, 0.2) is 44.7 Å². The van der Waals surface area contributed by atoms with E-state index in [9.17, 15) is 4.79 Å². The van der Waals surface area contributed by atoms with E-state index in [2.05, 4.69) is 21.0 Å². The molecule has 0 fully saturated rings. The molecule has 1 aromatic heterocycles. The number of ether oxygens (including phenoxy) is 1. The summed E-state index contributed by atoms with van der Waals surface area (Å²) in [7, 11) is 0. The molecule has 0 unspecified atom stereocenters. The second-order valence-corrected chi connectivity index (χ2v) is 10.1. The molecule has 0 radical (unpaired) electrons. The van der Waals surface area contributed by atoms with Crippen molar-refractivity contribution in [2.45, 2.75) is 52.6 Å². The lowest BCUT2D eigenvalue weighted by Crippen LogP contribution is -2.29. The maximum atomic E-state index is 13.2. The zero-order valence-electron chi connectivity index (χ0n) is 18.0. The summed E-state index contributed by atoms with van der Waals surface area (Å²) in [6.45, 7) is 9.93. The standard InChI is InChI=1S/C23H24BrCl2N3O2/c1-6-13(2)31-20-17(25)9-14(10-18(20)26)12-27-29-21(30)16-11-15(24)7-8-19(16)28-22(29)23(3,4)5/h7-13H,6H2,1-5H3/t13-/m1/s1. The zero-order chi connectivity index (χ0) is 22.9. The molecule has 2 aromatic carbocycles. The quantitative estimate of drug-likeness (QED) is 0.344. The van der Waals surface area contributed by atoms with E-state index in [-0.39, 0.29) is 11.7 Å². The summed E-state index contributed by atoms with van der Waals surface area (Å²) in [6.07, 6.45) is 2.37. The van der Waals surface area contributed by atoms with Crippen molar-refractivity contribution in [2.24, 2.45) is 5.10 Å². The molecule has 0 amide bonds. The van der Waals surface area contributed by atoms with Gasteiger partial charge in [0.15, 0.2) is 5.75 Å². The van der Waals surface area contributed by atoms with Crippen LogP contribution in [0.2, 0.25) is 10.0 Å². The van der Waals surface area contributed by atoms with E-state index >= 15 is 0 Å². The van der Waals surface area contributed by atoms with Crippen molar-refractivity contribution in [3.63, 3.8) is 0 Å². The number of hydrogen-bond acceptors (Lipinski definition) is 4. The fourth-order valence-corrected chi connectivity index (χ4v) is 3.87. The van der Waals surface area contributed by atoms with Crippen LogP contribution in [0.3, 0.4) is 0 Å². The van der Waals surface area contributed by atoms with Crippen LogP contribution >= 0.6 is 39.1 Å². The second-order valence-electron chi connectivity index (χ2n) is 8.36. The van der Waals surface area contributed by atoms with Gasteiger partial charge >= 0.3 is 0 Å². The fourth-order valence-electron chi connectivity index (χ4n) is 2.92. The second kappa shape index (κ2) is 9.31. The lowest BCUT2D eigenvalue weighted by molar-refractivity contribution is 0.218. The van der Waals surface area contributed by atoms with Crippen LogP contribution in [0.5, 0.6) is 5.75 Å². The molecule has 0 bridgehead atoms. The van der Waals surface area contributed by atoms with Crippen LogP contribution in [0.4, 0.5) is 0 Å². The summed E-state index contributed by atoms with van der Waals surface area (Å²) in [5.74, 6) is 0.997. The minimum absolute atomic E-state index is 0.00886. The van der Waals surface area contributed by atoms with Crippen molar-refractivity contribution in [3.8, 4) is 5.75 Å². The highest BCUT2D eigenvalue weighted by molar-refractivity contribution is 9.10. The molecule has 164 valence electrons. The van der Waals surface area contributed by atoms with E-state index in [0.29, 0.717) is 38.1 Å². The molecule has 0 aliphatic rings. The molecule has 3 rings (SSSR count). The van der Waals surface area contributed by atoms with Gasteiger partial charge in [-0.2, -0.15) is 9.78 Å². The third-order valence-corrected chi connectivity index (χ3v) is 5.77. The topological polar surface area (TPSA) is 56.5 Å². The molecule has 0 saturated heterocycles. The molecule has 3 aromatic rings. The average Bonchev–Trinajstić information content (AvgIpc) is 2.69. The monoisotopic (exact) mass is 523 g/mol. The van der Waals surface area contributed by atoms with Crippen LogP contribution in [-0.4, -0.2) is 22.0 Å². The summed E-state index contributed by atoms with van der Waals surface area (Å²) < 4.78 is 7.94. The predicted molar refractivity (Wildman–Crippen MR) is 132 cm³/mol. The summed E-state index contributed by atoms with van der Waals surface area (Å²) in [4.78, 5) is 17.9. The lowest BCUT2D eigenvalue weighted by Gasteiger charge is -2.21. The van der Waals surface area contributed by atoms with Crippen LogP contribution in [0, 0.1) is 0 Å². The normalized spacial score (nSPS) is 13.2. The van der Waals surface area contributed by atoms with Gasteiger partial charge in [0, 0.05) is 9.89 Å². The summed E-state index contributed by atoms with van der Waals surface area (Å²) in [6, 6.07) is 8.85. The molecule has 0 N–H and O–H groups in total. The van der Waals surface area contributed by atoms with E-state index in [4.69, 9.17) is 32.9 Å². The maximum Gasteiger partial charge on any atom is 0.282 e. The van der Waals surface area contributed by atoms with Crippen molar-refractivity contribution in [1.29, 1.82) is 0 Å². The van der Waals surface area contributed by atoms with Crippen LogP contribution in [0.1, 0.15) is 52.4 Å². The van der Waals surface area contributed by atoms with Crippen LogP contribution in [-0.2, 0) is 5.41 Å². The van der Waals surface area contributed by atoms with Crippen molar-refractivity contribution in [3.05, 3.63) is 66.6 Å². The first-order valence-electron chi connectivity index (χ1n) is 9.94. The first-order valence-corrected chi connectivity index (χ1v) is 11.5. The Morgan fingerprint density at radius 1 is 1.23 bits per heavy atom. The van der Waals surface area contributed by atoms with Gasteiger partial charge in [-0.3, -0.25) is 4.79 Å².